The van der Waals surface area contributed by atoms with E-state index in [1.165, 1.54) is 18.9 Å². The fourth-order valence-electron chi connectivity index (χ4n) is 6.47. The first kappa shape index (κ1) is 21.5. The van der Waals surface area contributed by atoms with Crippen LogP contribution in [0.2, 0.25) is 0 Å². The summed E-state index contributed by atoms with van der Waals surface area (Å²) in [4.78, 5) is 23.6. The Kier molecular flexibility index (Phi) is 4.39. The molecule has 0 radical (unpaired) electrons. The van der Waals surface area contributed by atoms with Gasteiger partial charge in [-0.05, 0) is 37.8 Å². The lowest BCUT2D eigenvalue weighted by Crippen LogP contribution is -2.75. The van der Waals surface area contributed by atoms with E-state index < -0.39 is 11.9 Å². The predicted octanol–water partition coefficient (Wildman–Crippen LogP) is 2.61. The van der Waals surface area contributed by atoms with Crippen LogP contribution in [0.1, 0.15) is 60.6 Å². The number of alkyl halides is 3. The van der Waals surface area contributed by atoms with Crippen LogP contribution in [0.3, 0.4) is 0 Å². The quantitative estimate of drug-likeness (QED) is 0.711. The van der Waals surface area contributed by atoms with Gasteiger partial charge in [0.15, 0.2) is 11.5 Å². The van der Waals surface area contributed by atoms with Gasteiger partial charge in [-0.15, -0.1) is 5.10 Å². The lowest BCUT2D eigenvalue weighted by Gasteiger charge is -2.63. The van der Waals surface area contributed by atoms with Gasteiger partial charge in [0.2, 0.25) is 0 Å². The molecular weight excluding hydrogens is 461 g/mol. The van der Waals surface area contributed by atoms with Gasteiger partial charge >= 0.3 is 12.2 Å². The highest BCUT2D eigenvalue weighted by Crippen LogP contribution is 2.56. The van der Waals surface area contributed by atoms with E-state index in [2.05, 4.69) is 30.3 Å². The number of halogens is 3. The fraction of sp³-hybridized carbons (Fsp3) is 0.696. The lowest BCUT2D eigenvalue weighted by atomic mass is 9.57. The maximum atomic E-state index is 12.9. The maximum absolute atomic E-state index is 12.9. The molecule has 186 valence electrons. The second kappa shape index (κ2) is 7.14. The molecule has 0 atom stereocenters. The van der Waals surface area contributed by atoms with Gasteiger partial charge < -0.3 is 9.80 Å². The van der Waals surface area contributed by atoms with Crippen LogP contribution < -0.4 is 0 Å². The molecule has 9 nitrogen and oxygen atoms in total. The topological polar surface area (TPSA) is 94.1 Å². The molecular formula is C23H27F3N8O. The molecule has 12 heteroatoms. The summed E-state index contributed by atoms with van der Waals surface area (Å²) >= 11 is 0. The van der Waals surface area contributed by atoms with E-state index in [1.807, 2.05) is 9.80 Å². The summed E-state index contributed by atoms with van der Waals surface area (Å²) in [5, 5.41) is 14.5. The van der Waals surface area contributed by atoms with E-state index >= 15 is 0 Å². The molecule has 2 aliphatic carbocycles. The zero-order chi connectivity index (χ0) is 24.0. The molecule has 5 fully saturated rings. The first-order valence-corrected chi connectivity index (χ1v) is 12.3. The van der Waals surface area contributed by atoms with Crippen LogP contribution in [0.5, 0.6) is 0 Å². The number of rotatable bonds is 4. The zero-order valence-electron chi connectivity index (χ0n) is 19.3. The van der Waals surface area contributed by atoms with E-state index in [4.69, 9.17) is 0 Å². The van der Waals surface area contributed by atoms with Crippen molar-refractivity contribution in [2.45, 2.75) is 50.2 Å². The number of nitrogens with one attached hydrogen (secondary N) is 1. The number of H-pyrrole nitrogens is 1. The van der Waals surface area contributed by atoms with Gasteiger partial charge in [-0.3, -0.25) is 10.00 Å². The number of amides is 2. The van der Waals surface area contributed by atoms with Crippen molar-refractivity contribution in [1.29, 1.82) is 0 Å². The molecule has 2 saturated carbocycles. The summed E-state index contributed by atoms with van der Waals surface area (Å²) in [6, 6.07) is 2.49. The summed E-state index contributed by atoms with van der Waals surface area (Å²) in [5.74, 6) is 2.99. The minimum Gasteiger partial charge on any atom is -0.323 e. The molecule has 3 aliphatic heterocycles. The summed E-state index contributed by atoms with van der Waals surface area (Å²) in [6.07, 6.45) is 0.0734. The smallest absolute Gasteiger partial charge is 0.323 e. The Morgan fingerprint density at radius 1 is 0.971 bits per heavy atom. The molecule has 2 aromatic heterocycles. The molecule has 0 unspecified atom stereocenters. The summed E-state index contributed by atoms with van der Waals surface area (Å²) < 4.78 is 37.9. The van der Waals surface area contributed by atoms with E-state index in [1.54, 1.807) is 0 Å². The molecule has 2 spiro atoms. The number of hydrogen-bond acceptors (Lipinski definition) is 6. The predicted molar refractivity (Wildman–Crippen MR) is 116 cm³/mol. The molecule has 2 amide bonds. The third-order valence-corrected chi connectivity index (χ3v) is 8.37. The van der Waals surface area contributed by atoms with Gasteiger partial charge in [-0.25, -0.2) is 9.78 Å². The van der Waals surface area contributed by atoms with E-state index in [-0.39, 0.29) is 16.9 Å². The molecule has 0 bridgehead atoms. The Morgan fingerprint density at radius 3 is 2.26 bits per heavy atom. The zero-order valence-corrected chi connectivity index (χ0v) is 19.3. The molecule has 0 aromatic carbocycles. The summed E-state index contributed by atoms with van der Waals surface area (Å²) in [6.45, 7) is 5.26. The number of hydrogen-bond donors (Lipinski definition) is 1. The Bertz CT molecular complexity index is 1130. The molecule has 1 N–H and O–H groups in total. The van der Waals surface area contributed by atoms with Crippen molar-refractivity contribution in [3.63, 3.8) is 0 Å². The third kappa shape index (κ3) is 3.68. The Balaban J connectivity index is 0.840. The van der Waals surface area contributed by atoms with Crippen molar-refractivity contribution in [1.82, 2.24) is 40.1 Å². The van der Waals surface area contributed by atoms with E-state index in [9.17, 15) is 18.0 Å². The normalized spacial score (nSPS) is 25.2. The second-order valence-electron chi connectivity index (χ2n) is 11.5. The maximum Gasteiger partial charge on any atom is 0.435 e. The van der Waals surface area contributed by atoms with Crippen molar-refractivity contribution in [3.05, 3.63) is 35.2 Å². The first-order chi connectivity index (χ1) is 16.7. The van der Waals surface area contributed by atoms with Crippen molar-refractivity contribution >= 4 is 6.03 Å². The minimum absolute atomic E-state index is 0.115. The van der Waals surface area contributed by atoms with Crippen molar-refractivity contribution in [2.75, 3.05) is 39.3 Å². The Hall–Kier alpha value is -2.76. The summed E-state index contributed by atoms with van der Waals surface area (Å²) in [7, 11) is 0. The van der Waals surface area contributed by atoms with Crippen LogP contribution in [0.4, 0.5) is 18.0 Å². The second-order valence-corrected chi connectivity index (χ2v) is 11.5. The van der Waals surface area contributed by atoms with E-state index in [0.717, 1.165) is 69.8 Å². The molecule has 5 aliphatic rings. The number of carbonyl (C=O) groups excluding carboxylic acids is 1. The third-order valence-electron chi connectivity index (χ3n) is 8.37. The van der Waals surface area contributed by atoms with Gasteiger partial charge in [0.05, 0.1) is 5.69 Å². The van der Waals surface area contributed by atoms with Crippen molar-refractivity contribution in [2.24, 2.45) is 10.8 Å². The number of aromatic amines is 1. The van der Waals surface area contributed by atoms with Crippen LogP contribution in [-0.2, 0) is 12.7 Å². The van der Waals surface area contributed by atoms with Crippen molar-refractivity contribution in [3.8, 4) is 0 Å². The van der Waals surface area contributed by atoms with Crippen LogP contribution in [0.25, 0.3) is 0 Å². The van der Waals surface area contributed by atoms with Gasteiger partial charge in [-0.1, -0.05) is 0 Å². The molecule has 2 aromatic rings. The number of nitrogens with zero attached hydrogens (tertiary/aromatic N) is 7. The largest absolute Gasteiger partial charge is 0.435 e. The SMILES string of the molecule is O=C(N1CC2(CC(c3n[nH]c(C4CC4)n3)C2)C1)N1CC2(CN(Cc3ccc(C(F)(F)F)nn3)C2)C1. The monoisotopic (exact) mass is 488 g/mol. The fourth-order valence-corrected chi connectivity index (χ4v) is 6.47. The summed E-state index contributed by atoms with van der Waals surface area (Å²) in [5.41, 5.74) is -0.0813. The molecule has 7 rings (SSSR count). The lowest BCUT2D eigenvalue weighted by molar-refractivity contribution is -0.141. The first-order valence-electron chi connectivity index (χ1n) is 12.3. The Labute approximate surface area is 200 Å². The van der Waals surface area contributed by atoms with Gasteiger partial charge in [0, 0.05) is 68.5 Å². The minimum atomic E-state index is -4.47. The highest BCUT2D eigenvalue weighted by Gasteiger charge is 2.58. The van der Waals surface area contributed by atoms with Gasteiger partial charge in [0.25, 0.3) is 0 Å². The van der Waals surface area contributed by atoms with Crippen LogP contribution >= 0.6 is 0 Å². The highest BCUT2D eigenvalue weighted by atomic mass is 19.4. The van der Waals surface area contributed by atoms with Gasteiger partial charge in [-0.2, -0.15) is 23.4 Å². The number of urea groups is 1. The molecule has 35 heavy (non-hydrogen) atoms. The van der Waals surface area contributed by atoms with Crippen LogP contribution in [0.15, 0.2) is 12.1 Å². The number of carbonyl (C=O) groups is 1. The van der Waals surface area contributed by atoms with Crippen LogP contribution in [0, 0.1) is 10.8 Å². The Morgan fingerprint density at radius 2 is 1.66 bits per heavy atom. The number of aromatic nitrogens is 5. The number of likely N-dealkylation sites (tertiary alicyclic amines) is 3. The average Bonchev–Trinajstić information content (AvgIpc) is 3.44. The average molecular weight is 489 g/mol. The molecule has 5 heterocycles. The highest BCUT2D eigenvalue weighted by molar-refractivity contribution is 5.77. The molecule has 3 saturated heterocycles. The standard InChI is InChI=1S/C23H27F3N8O/c24-23(25,26)17-4-3-16(28-29-17)7-32-8-22(9-32)12-34(13-22)20(35)33-10-21(11-33)5-15(6-21)19-27-18(30-31-19)14-1-2-14/h3-4,14-15H,1-2,5-13H2,(H,27,30,31). The van der Waals surface area contributed by atoms with Crippen molar-refractivity contribution < 1.29 is 18.0 Å². The van der Waals surface area contributed by atoms with Gasteiger partial charge in [0.1, 0.15) is 5.82 Å². The van der Waals surface area contributed by atoms with E-state index in [0.29, 0.717) is 24.1 Å². The van der Waals surface area contributed by atoms with Crippen LogP contribution in [-0.4, -0.2) is 85.4 Å².